The fourth-order valence-electron chi connectivity index (χ4n) is 3.30. The number of nitrogens with one attached hydrogen (secondary N) is 1. The maximum atomic E-state index is 12.3. The zero-order chi connectivity index (χ0) is 22.4. The van der Waals surface area contributed by atoms with E-state index in [1.807, 2.05) is 36.4 Å². The number of primary amides is 2. The van der Waals surface area contributed by atoms with Crippen LogP contribution in [-0.4, -0.2) is 48.1 Å². The molecule has 0 spiro atoms. The van der Waals surface area contributed by atoms with Crippen molar-refractivity contribution in [3.8, 4) is 11.1 Å². The third kappa shape index (κ3) is 5.72. The minimum Gasteiger partial charge on any atom is -0.449 e. The third-order valence-electron chi connectivity index (χ3n) is 4.91. The standard InChI is InChI=1S/C21H24N4O4S2/c22-17(19(23)26)10-30-31-11-18(20(24)27)25-21(28)29-9-16-14-7-3-1-5-12(14)13-6-2-4-8-15(13)16/h1-8,16-18H,9-11,22H2,(H2,23,26)(H2,24,27)(H,25,28)/t17?,18-/m0/s1. The van der Waals surface area contributed by atoms with Crippen molar-refractivity contribution in [1.82, 2.24) is 5.32 Å². The van der Waals surface area contributed by atoms with Gasteiger partial charge in [-0.15, -0.1) is 0 Å². The molecule has 0 radical (unpaired) electrons. The lowest BCUT2D eigenvalue weighted by atomic mass is 9.98. The van der Waals surface area contributed by atoms with E-state index in [0.29, 0.717) is 0 Å². The van der Waals surface area contributed by atoms with Crippen molar-refractivity contribution in [2.45, 2.75) is 18.0 Å². The average Bonchev–Trinajstić information content (AvgIpc) is 3.07. The molecule has 0 aromatic heterocycles. The molecule has 1 unspecified atom stereocenters. The molecule has 3 amide bonds. The number of rotatable bonds is 10. The van der Waals surface area contributed by atoms with Crippen LogP contribution in [0.1, 0.15) is 17.0 Å². The van der Waals surface area contributed by atoms with Gasteiger partial charge in [-0.25, -0.2) is 4.79 Å². The second-order valence-corrected chi connectivity index (χ2v) is 9.56. The number of carbonyl (C=O) groups excluding carboxylic acids is 3. The monoisotopic (exact) mass is 460 g/mol. The predicted octanol–water partition coefficient (Wildman–Crippen LogP) is 1.57. The first-order chi connectivity index (χ1) is 14.9. The van der Waals surface area contributed by atoms with Crippen molar-refractivity contribution in [1.29, 1.82) is 0 Å². The van der Waals surface area contributed by atoms with Crippen LogP contribution in [-0.2, 0) is 14.3 Å². The van der Waals surface area contributed by atoms with Crippen molar-refractivity contribution >= 4 is 39.5 Å². The molecule has 0 saturated heterocycles. The van der Waals surface area contributed by atoms with Gasteiger partial charge in [0.15, 0.2) is 0 Å². The molecule has 0 heterocycles. The van der Waals surface area contributed by atoms with Gasteiger partial charge in [0.1, 0.15) is 12.6 Å². The number of hydrogen-bond donors (Lipinski definition) is 4. The highest BCUT2D eigenvalue weighted by molar-refractivity contribution is 8.76. The Morgan fingerprint density at radius 3 is 2.00 bits per heavy atom. The van der Waals surface area contributed by atoms with E-state index in [4.69, 9.17) is 21.9 Å². The van der Waals surface area contributed by atoms with E-state index in [1.54, 1.807) is 0 Å². The summed E-state index contributed by atoms with van der Waals surface area (Å²) in [5, 5.41) is 2.51. The van der Waals surface area contributed by atoms with Crippen LogP contribution in [0.15, 0.2) is 48.5 Å². The van der Waals surface area contributed by atoms with E-state index in [9.17, 15) is 14.4 Å². The molecular weight excluding hydrogens is 436 g/mol. The minimum atomic E-state index is -0.919. The highest BCUT2D eigenvalue weighted by Crippen LogP contribution is 2.44. The van der Waals surface area contributed by atoms with Crippen LogP contribution in [0.4, 0.5) is 4.79 Å². The number of fused-ring (bicyclic) bond motifs is 3. The second-order valence-electron chi connectivity index (χ2n) is 7.00. The van der Waals surface area contributed by atoms with Gasteiger partial charge in [0.25, 0.3) is 0 Å². The lowest BCUT2D eigenvalue weighted by Gasteiger charge is -2.18. The number of benzene rings is 2. The summed E-state index contributed by atoms with van der Waals surface area (Å²) in [6, 6.07) is 14.3. The maximum absolute atomic E-state index is 12.3. The molecule has 1 aliphatic rings. The van der Waals surface area contributed by atoms with Crippen LogP contribution in [0.3, 0.4) is 0 Å². The molecule has 2 aromatic carbocycles. The molecule has 31 heavy (non-hydrogen) atoms. The quantitative estimate of drug-likeness (QED) is 0.310. The van der Waals surface area contributed by atoms with Crippen LogP contribution >= 0.6 is 21.6 Å². The summed E-state index contributed by atoms with van der Waals surface area (Å²) in [6.45, 7) is 0.140. The van der Waals surface area contributed by atoms with Gasteiger partial charge in [0, 0.05) is 17.4 Å². The van der Waals surface area contributed by atoms with E-state index in [-0.39, 0.29) is 24.0 Å². The van der Waals surface area contributed by atoms with Crippen molar-refractivity contribution in [2.24, 2.45) is 17.2 Å². The smallest absolute Gasteiger partial charge is 0.407 e. The van der Waals surface area contributed by atoms with Gasteiger partial charge in [0.05, 0.1) is 6.04 Å². The number of carbonyl (C=O) groups is 3. The molecule has 2 atom stereocenters. The lowest BCUT2D eigenvalue weighted by Crippen LogP contribution is -2.46. The van der Waals surface area contributed by atoms with Gasteiger partial charge in [-0.1, -0.05) is 70.1 Å². The lowest BCUT2D eigenvalue weighted by molar-refractivity contribution is -0.119. The Bertz CT molecular complexity index is 926. The summed E-state index contributed by atoms with van der Waals surface area (Å²) in [5.74, 6) is -0.867. The van der Waals surface area contributed by atoms with Crippen molar-refractivity contribution in [3.63, 3.8) is 0 Å². The highest BCUT2D eigenvalue weighted by Gasteiger charge is 2.29. The van der Waals surface area contributed by atoms with Gasteiger partial charge >= 0.3 is 6.09 Å². The summed E-state index contributed by atoms with van der Waals surface area (Å²) in [7, 11) is 2.53. The molecular formula is C21H24N4O4S2. The Kier molecular flexibility index (Phi) is 7.83. The minimum absolute atomic E-state index is 0.0783. The third-order valence-corrected chi connectivity index (χ3v) is 7.36. The van der Waals surface area contributed by atoms with Crippen LogP contribution in [0.25, 0.3) is 11.1 Å². The molecule has 2 aromatic rings. The number of alkyl carbamates (subject to hydrolysis) is 1. The summed E-state index contributed by atoms with van der Waals surface area (Å²) in [4.78, 5) is 35.0. The van der Waals surface area contributed by atoms with Crippen molar-refractivity contribution in [3.05, 3.63) is 59.7 Å². The van der Waals surface area contributed by atoms with E-state index < -0.39 is 30.0 Å². The van der Waals surface area contributed by atoms with Crippen LogP contribution in [0.5, 0.6) is 0 Å². The van der Waals surface area contributed by atoms with Gasteiger partial charge in [-0.3, -0.25) is 9.59 Å². The predicted molar refractivity (Wildman–Crippen MR) is 123 cm³/mol. The van der Waals surface area contributed by atoms with Gasteiger partial charge in [-0.05, 0) is 22.3 Å². The Morgan fingerprint density at radius 2 is 1.45 bits per heavy atom. The summed E-state index contributed by atoms with van der Waals surface area (Å²) >= 11 is 0. The Labute approximate surface area is 188 Å². The van der Waals surface area contributed by atoms with Crippen LogP contribution in [0, 0.1) is 0 Å². The summed E-state index contributed by atoms with van der Waals surface area (Å²) in [6.07, 6.45) is -0.718. The Morgan fingerprint density at radius 1 is 0.903 bits per heavy atom. The van der Waals surface area contributed by atoms with E-state index in [0.717, 1.165) is 22.3 Å². The largest absolute Gasteiger partial charge is 0.449 e. The maximum Gasteiger partial charge on any atom is 0.407 e. The fourth-order valence-corrected chi connectivity index (χ4v) is 5.61. The molecule has 10 heteroatoms. The van der Waals surface area contributed by atoms with Crippen LogP contribution < -0.4 is 22.5 Å². The summed E-state index contributed by atoms with van der Waals surface area (Å²) < 4.78 is 5.44. The van der Waals surface area contributed by atoms with E-state index in [2.05, 4.69) is 17.4 Å². The molecule has 0 aliphatic heterocycles. The van der Waals surface area contributed by atoms with Gasteiger partial charge in [-0.2, -0.15) is 0 Å². The number of ether oxygens (including phenoxy) is 1. The molecule has 1 aliphatic carbocycles. The van der Waals surface area contributed by atoms with Crippen LogP contribution in [0.2, 0.25) is 0 Å². The number of amides is 3. The normalized spacial score (nSPS) is 14.2. The SMILES string of the molecule is NC(=O)C(N)CSSC[C@H](NC(=O)OCC1c2ccccc2-c2ccccc21)C(N)=O. The fraction of sp³-hybridized carbons (Fsp3) is 0.286. The first-order valence-electron chi connectivity index (χ1n) is 9.58. The molecule has 7 N–H and O–H groups in total. The second kappa shape index (κ2) is 10.6. The van der Waals surface area contributed by atoms with Crippen molar-refractivity contribution in [2.75, 3.05) is 18.1 Å². The summed E-state index contributed by atoms with van der Waals surface area (Å²) in [5.41, 5.74) is 20.5. The molecule has 0 fully saturated rings. The molecule has 0 bridgehead atoms. The number of hydrogen-bond acceptors (Lipinski definition) is 7. The van der Waals surface area contributed by atoms with E-state index >= 15 is 0 Å². The molecule has 0 saturated carbocycles. The number of nitrogens with two attached hydrogens (primary N) is 3. The average molecular weight is 461 g/mol. The zero-order valence-electron chi connectivity index (χ0n) is 16.7. The topological polar surface area (TPSA) is 151 Å². The van der Waals surface area contributed by atoms with E-state index in [1.165, 1.54) is 21.6 Å². The highest BCUT2D eigenvalue weighted by atomic mass is 33.1. The zero-order valence-corrected chi connectivity index (χ0v) is 18.3. The molecule has 8 nitrogen and oxygen atoms in total. The van der Waals surface area contributed by atoms with Gasteiger partial charge < -0.3 is 27.3 Å². The van der Waals surface area contributed by atoms with Crippen molar-refractivity contribution < 1.29 is 19.1 Å². The Hall–Kier alpha value is -2.69. The molecule has 164 valence electrons. The molecule has 3 rings (SSSR count). The van der Waals surface area contributed by atoms with Gasteiger partial charge in [0.2, 0.25) is 11.8 Å². The Balaban J connectivity index is 1.54. The first kappa shape index (κ1) is 23.0. The first-order valence-corrected chi connectivity index (χ1v) is 12.1.